The molecule has 0 radical (unpaired) electrons. The van der Waals surface area contributed by atoms with Gasteiger partial charge in [0.1, 0.15) is 22.3 Å². The van der Waals surface area contributed by atoms with Gasteiger partial charge in [-0.25, -0.2) is 25.9 Å². The molecule has 0 aliphatic rings. The third-order valence-corrected chi connectivity index (χ3v) is 4.76. The second-order valence-electron chi connectivity index (χ2n) is 4.13. The monoisotopic (exact) mass is 335 g/mol. The van der Waals surface area contributed by atoms with Crippen LogP contribution in [0.3, 0.4) is 0 Å². The highest BCUT2D eigenvalue weighted by Crippen LogP contribution is 2.16. The molecule has 0 bridgehead atoms. The van der Waals surface area contributed by atoms with E-state index in [4.69, 9.17) is 5.11 Å². The van der Waals surface area contributed by atoms with Gasteiger partial charge in [-0.3, -0.25) is 0 Å². The summed E-state index contributed by atoms with van der Waals surface area (Å²) in [4.78, 5) is -0.279. The molecule has 0 heterocycles. The second-order valence-corrected chi connectivity index (χ2v) is 8.12. The summed E-state index contributed by atoms with van der Waals surface area (Å²) >= 11 is 0. The Morgan fingerprint density at radius 1 is 1.29 bits per heavy atom. The Balaban J connectivity index is 3.08. The SMILES string of the molecule is CS(=O)(=O)CCNS(=O)(=O)c1ccc(F)cc1C#CCO. The molecule has 21 heavy (non-hydrogen) atoms. The maximum Gasteiger partial charge on any atom is 0.241 e. The van der Waals surface area contributed by atoms with Crippen LogP contribution in [0.25, 0.3) is 0 Å². The standard InChI is InChI=1S/C12H14FNO5S2/c1-20(16,17)8-6-14-21(18,19)12-5-4-11(13)9-10(12)3-2-7-15/h4-5,9,14-15H,6-8H2,1H3. The van der Waals surface area contributed by atoms with Crippen LogP contribution in [0.5, 0.6) is 0 Å². The predicted octanol–water partition coefficient (Wildman–Crippen LogP) is -0.508. The van der Waals surface area contributed by atoms with Gasteiger partial charge in [0, 0.05) is 18.4 Å². The minimum absolute atomic E-state index is 0.115. The number of nitrogens with one attached hydrogen (secondary N) is 1. The molecule has 0 saturated heterocycles. The van der Waals surface area contributed by atoms with Crippen LogP contribution >= 0.6 is 0 Å². The van der Waals surface area contributed by atoms with Crippen LogP contribution in [-0.4, -0.2) is 47.1 Å². The summed E-state index contributed by atoms with van der Waals surface area (Å²) in [5.41, 5.74) is -0.115. The van der Waals surface area contributed by atoms with Gasteiger partial charge >= 0.3 is 0 Å². The van der Waals surface area contributed by atoms with Crippen molar-refractivity contribution in [2.24, 2.45) is 0 Å². The highest BCUT2D eigenvalue weighted by Gasteiger charge is 2.18. The molecular formula is C12H14FNO5S2. The zero-order chi connectivity index (χ0) is 16.1. The largest absolute Gasteiger partial charge is 0.384 e. The maximum absolute atomic E-state index is 13.1. The summed E-state index contributed by atoms with van der Waals surface area (Å²) in [6.45, 7) is -0.803. The van der Waals surface area contributed by atoms with Crippen LogP contribution in [0.15, 0.2) is 23.1 Å². The summed E-state index contributed by atoms with van der Waals surface area (Å²) in [6.07, 6.45) is 0.983. The van der Waals surface area contributed by atoms with Crippen molar-refractivity contribution in [2.75, 3.05) is 25.2 Å². The minimum Gasteiger partial charge on any atom is -0.384 e. The van der Waals surface area contributed by atoms with E-state index in [2.05, 4.69) is 16.6 Å². The summed E-state index contributed by atoms with van der Waals surface area (Å²) in [5, 5.41) is 8.62. The molecule has 0 atom stereocenters. The Bertz CT molecular complexity index is 776. The first-order valence-electron chi connectivity index (χ1n) is 5.72. The molecule has 0 fully saturated rings. The van der Waals surface area contributed by atoms with E-state index in [0.29, 0.717) is 0 Å². The molecule has 0 aliphatic heterocycles. The van der Waals surface area contributed by atoms with Crippen LogP contribution < -0.4 is 4.72 Å². The zero-order valence-electron chi connectivity index (χ0n) is 11.1. The number of hydrogen-bond acceptors (Lipinski definition) is 5. The van der Waals surface area contributed by atoms with E-state index in [1.54, 1.807) is 0 Å². The van der Waals surface area contributed by atoms with Crippen LogP contribution in [0.4, 0.5) is 4.39 Å². The molecule has 0 aliphatic carbocycles. The van der Waals surface area contributed by atoms with Crippen molar-refractivity contribution in [3.8, 4) is 11.8 Å². The fourth-order valence-corrected chi connectivity index (χ4v) is 3.18. The first kappa shape index (κ1) is 17.6. The lowest BCUT2D eigenvalue weighted by atomic mass is 10.2. The molecule has 116 valence electrons. The van der Waals surface area contributed by atoms with E-state index in [1.165, 1.54) is 0 Å². The fourth-order valence-electron chi connectivity index (χ4n) is 1.41. The van der Waals surface area contributed by atoms with E-state index in [-0.39, 0.29) is 22.8 Å². The number of halogens is 1. The van der Waals surface area contributed by atoms with Crippen molar-refractivity contribution in [2.45, 2.75) is 4.90 Å². The van der Waals surface area contributed by atoms with Crippen molar-refractivity contribution < 1.29 is 26.3 Å². The minimum atomic E-state index is -4.03. The topological polar surface area (TPSA) is 101 Å². The zero-order valence-corrected chi connectivity index (χ0v) is 12.8. The van der Waals surface area contributed by atoms with E-state index in [0.717, 1.165) is 24.5 Å². The van der Waals surface area contributed by atoms with Crippen LogP contribution in [0.1, 0.15) is 5.56 Å². The van der Waals surface area contributed by atoms with E-state index >= 15 is 0 Å². The van der Waals surface area contributed by atoms with E-state index in [1.807, 2.05) is 0 Å². The molecule has 1 aromatic carbocycles. The smallest absolute Gasteiger partial charge is 0.241 e. The Kier molecular flexibility index (Phi) is 5.86. The number of sulfonamides is 1. The number of rotatable bonds is 5. The van der Waals surface area contributed by atoms with Gasteiger partial charge in [-0.1, -0.05) is 11.8 Å². The predicted molar refractivity (Wildman–Crippen MR) is 75.3 cm³/mol. The second kappa shape index (κ2) is 7.00. The number of aliphatic hydroxyl groups is 1. The van der Waals surface area contributed by atoms with Gasteiger partial charge < -0.3 is 5.11 Å². The highest BCUT2D eigenvalue weighted by molar-refractivity contribution is 7.91. The van der Waals surface area contributed by atoms with Crippen LogP contribution in [0.2, 0.25) is 0 Å². The molecule has 0 aromatic heterocycles. The summed E-state index contributed by atoms with van der Waals surface area (Å²) in [5.74, 6) is 3.54. The van der Waals surface area contributed by atoms with Gasteiger partial charge in [0.15, 0.2) is 0 Å². The lowest BCUT2D eigenvalue weighted by molar-refractivity contribution is 0.350. The number of hydrogen-bond donors (Lipinski definition) is 2. The van der Waals surface area contributed by atoms with Gasteiger partial charge in [0.2, 0.25) is 10.0 Å². The van der Waals surface area contributed by atoms with Gasteiger partial charge in [0.25, 0.3) is 0 Å². The Morgan fingerprint density at radius 2 is 1.95 bits per heavy atom. The third kappa shape index (κ3) is 5.81. The molecule has 0 amide bonds. The van der Waals surface area contributed by atoms with Crippen molar-refractivity contribution in [1.82, 2.24) is 4.72 Å². The third-order valence-electron chi connectivity index (χ3n) is 2.30. The summed E-state index contributed by atoms with van der Waals surface area (Å²) in [6, 6.07) is 2.91. The first-order chi connectivity index (χ1) is 9.65. The lowest BCUT2D eigenvalue weighted by Gasteiger charge is -2.08. The molecular weight excluding hydrogens is 321 g/mol. The average molecular weight is 335 g/mol. The molecule has 2 N–H and O–H groups in total. The number of aliphatic hydroxyl groups excluding tert-OH is 1. The van der Waals surface area contributed by atoms with Crippen molar-refractivity contribution in [3.63, 3.8) is 0 Å². The average Bonchev–Trinajstić information content (AvgIpc) is 2.34. The highest BCUT2D eigenvalue weighted by atomic mass is 32.2. The van der Waals surface area contributed by atoms with Crippen molar-refractivity contribution in [1.29, 1.82) is 0 Å². The molecule has 9 heteroatoms. The Morgan fingerprint density at radius 3 is 2.52 bits per heavy atom. The first-order valence-corrected chi connectivity index (χ1v) is 9.27. The fraction of sp³-hybridized carbons (Fsp3) is 0.333. The Hall–Kier alpha value is -1.47. The molecule has 0 spiro atoms. The molecule has 0 unspecified atom stereocenters. The van der Waals surface area contributed by atoms with Gasteiger partial charge in [-0.2, -0.15) is 0 Å². The van der Waals surface area contributed by atoms with Gasteiger partial charge in [-0.05, 0) is 18.2 Å². The van der Waals surface area contributed by atoms with Gasteiger partial charge in [-0.15, -0.1) is 0 Å². The molecule has 6 nitrogen and oxygen atoms in total. The van der Waals surface area contributed by atoms with E-state index in [9.17, 15) is 21.2 Å². The quantitative estimate of drug-likeness (QED) is 0.706. The molecule has 0 saturated carbocycles. The summed E-state index contributed by atoms with van der Waals surface area (Å²) in [7, 11) is -7.33. The molecule has 1 aromatic rings. The number of sulfone groups is 1. The van der Waals surface area contributed by atoms with Gasteiger partial charge in [0.05, 0.1) is 10.6 Å². The van der Waals surface area contributed by atoms with Crippen molar-refractivity contribution in [3.05, 3.63) is 29.6 Å². The van der Waals surface area contributed by atoms with E-state index < -0.39 is 32.3 Å². The van der Waals surface area contributed by atoms with Crippen molar-refractivity contribution >= 4 is 19.9 Å². The van der Waals surface area contributed by atoms with Crippen LogP contribution in [0, 0.1) is 17.7 Å². The maximum atomic E-state index is 13.1. The summed E-state index contributed by atoms with van der Waals surface area (Å²) < 4.78 is 61.3. The lowest BCUT2D eigenvalue weighted by Crippen LogP contribution is -2.29. The molecule has 1 rings (SSSR count). The normalized spacial score (nSPS) is 11.8. The van der Waals surface area contributed by atoms with Crippen LogP contribution in [-0.2, 0) is 19.9 Å². The number of benzene rings is 1. The Labute approximate surface area is 123 Å².